The van der Waals surface area contributed by atoms with Gasteiger partial charge < -0.3 is 21.7 Å². The Hall–Kier alpha value is -3.47. The van der Waals surface area contributed by atoms with Crippen LogP contribution < -0.4 is 27.2 Å². The predicted molar refractivity (Wildman–Crippen MR) is 151 cm³/mol. The van der Waals surface area contributed by atoms with Crippen molar-refractivity contribution < 1.29 is 0 Å². The van der Waals surface area contributed by atoms with E-state index < -0.39 is 0 Å². The fourth-order valence-corrected chi connectivity index (χ4v) is 6.13. The van der Waals surface area contributed by atoms with Gasteiger partial charge in [0, 0.05) is 44.5 Å². The molecule has 38 heavy (non-hydrogen) atoms. The number of pyridine rings is 1. The van der Waals surface area contributed by atoms with E-state index in [1.165, 1.54) is 39.0 Å². The minimum atomic E-state index is -0.145. The third-order valence-corrected chi connectivity index (χ3v) is 8.36. The molecule has 1 aromatic carbocycles. The zero-order valence-corrected chi connectivity index (χ0v) is 22.1. The molecule has 1 aliphatic carbocycles. The largest absolute Gasteiger partial charge is 0.397 e. The highest BCUT2D eigenvalue weighted by atomic mass is 15.6. The number of hydrogen-bond acceptors (Lipinski definition) is 10. The molecule has 2 aromatic heterocycles. The summed E-state index contributed by atoms with van der Waals surface area (Å²) in [5, 5.41) is 5.65. The minimum Gasteiger partial charge on any atom is -0.397 e. The average Bonchev–Trinajstić information content (AvgIpc) is 3.34. The number of likely N-dealkylation sites (N-methyl/N-ethyl adjacent to an activating group) is 1. The average molecular weight is 515 g/mol. The normalized spacial score (nSPS) is 24.3. The van der Waals surface area contributed by atoms with Gasteiger partial charge in [-0.2, -0.15) is 0 Å². The number of fused-ring (bicyclic) bond motifs is 1. The first-order valence-corrected chi connectivity index (χ1v) is 13.7. The molecule has 10 nitrogen and oxygen atoms in total. The van der Waals surface area contributed by atoms with Gasteiger partial charge in [0.25, 0.3) is 0 Å². The van der Waals surface area contributed by atoms with E-state index in [2.05, 4.69) is 53.6 Å². The van der Waals surface area contributed by atoms with Crippen LogP contribution in [0.2, 0.25) is 0 Å². The Morgan fingerprint density at radius 2 is 1.74 bits per heavy atom. The number of nitrogens with one attached hydrogen (secondary N) is 2. The first-order chi connectivity index (χ1) is 18.6. The highest BCUT2D eigenvalue weighted by Gasteiger charge is 2.39. The molecule has 6 rings (SSSR count). The molecule has 0 amide bonds. The van der Waals surface area contributed by atoms with Crippen molar-refractivity contribution in [3.63, 3.8) is 0 Å². The highest BCUT2D eigenvalue weighted by Crippen LogP contribution is 2.42. The van der Waals surface area contributed by atoms with Gasteiger partial charge in [0.1, 0.15) is 12.1 Å². The molecule has 1 unspecified atom stereocenters. The van der Waals surface area contributed by atoms with Crippen molar-refractivity contribution in [3.8, 4) is 0 Å². The number of benzene rings is 1. The molecule has 6 N–H and O–H groups in total. The Kier molecular flexibility index (Phi) is 7.01. The van der Waals surface area contributed by atoms with Gasteiger partial charge in [0.2, 0.25) is 0 Å². The quantitative estimate of drug-likeness (QED) is 0.365. The van der Waals surface area contributed by atoms with E-state index in [0.29, 0.717) is 30.1 Å². The molecule has 0 spiro atoms. The number of aromatic nitrogens is 3. The van der Waals surface area contributed by atoms with Gasteiger partial charge in [-0.3, -0.25) is 14.9 Å². The zero-order chi connectivity index (χ0) is 26.1. The molecule has 4 heterocycles. The Labute approximate surface area is 224 Å². The Balaban J connectivity index is 1.16. The highest BCUT2D eigenvalue weighted by molar-refractivity contribution is 5.70. The van der Waals surface area contributed by atoms with Crippen LogP contribution in [-0.2, 0) is 6.54 Å². The van der Waals surface area contributed by atoms with E-state index in [-0.39, 0.29) is 6.04 Å². The van der Waals surface area contributed by atoms with E-state index in [0.717, 1.165) is 41.2 Å². The van der Waals surface area contributed by atoms with Crippen LogP contribution in [0.25, 0.3) is 0 Å². The molecule has 3 aliphatic rings. The maximum atomic E-state index is 6.49. The van der Waals surface area contributed by atoms with Gasteiger partial charge in [0.05, 0.1) is 35.2 Å². The van der Waals surface area contributed by atoms with E-state index in [9.17, 15) is 0 Å². The SMILES string of the molecule is CN1CCN(C2CCC(N3NC(c4ccc(NCc5ccccn5)c(N)c4)c4c(N)ncnc43)CC2)CC1. The molecular weight excluding hydrogens is 476 g/mol. The summed E-state index contributed by atoms with van der Waals surface area (Å²) >= 11 is 0. The number of nitrogens with zero attached hydrogens (tertiary/aromatic N) is 6. The molecular formula is C28H38N10. The first kappa shape index (κ1) is 24.8. The van der Waals surface area contributed by atoms with E-state index in [1.807, 2.05) is 30.3 Å². The van der Waals surface area contributed by atoms with E-state index >= 15 is 0 Å². The Morgan fingerprint density at radius 1 is 0.947 bits per heavy atom. The lowest BCUT2D eigenvalue weighted by atomic mass is 9.89. The summed E-state index contributed by atoms with van der Waals surface area (Å²) in [5.74, 6) is 1.40. The lowest BCUT2D eigenvalue weighted by molar-refractivity contribution is 0.0868. The summed E-state index contributed by atoms with van der Waals surface area (Å²) in [7, 11) is 2.22. The van der Waals surface area contributed by atoms with E-state index in [1.54, 1.807) is 12.5 Å². The molecule has 1 saturated heterocycles. The van der Waals surface area contributed by atoms with Gasteiger partial charge in [0.15, 0.2) is 5.82 Å². The fourth-order valence-electron chi connectivity index (χ4n) is 6.13. The van der Waals surface area contributed by atoms with Crippen molar-refractivity contribution in [2.75, 3.05) is 55.0 Å². The molecule has 1 atom stereocenters. The number of nitrogen functional groups attached to an aromatic ring is 2. The van der Waals surface area contributed by atoms with Crippen LogP contribution in [0, 0.1) is 0 Å². The second kappa shape index (κ2) is 10.7. The van der Waals surface area contributed by atoms with Crippen LogP contribution in [0.3, 0.4) is 0 Å². The van der Waals surface area contributed by atoms with Gasteiger partial charge in [-0.25, -0.2) is 15.4 Å². The second-order valence-electron chi connectivity index (χ2n) is 10.8. The topological polar surface area (TPSA) is 124 Å². The molecule has 200 valence electrons. The summed E-state index contributed by atoms with van der Waals surface area (Å²) in [6.45, 7) is 5.30. The minimum absolute atomic E-state index is 0.145. The summed E-state index contributed by atoms with van der Waals surface area (Å²) in [6, 6.07) is 12.9. The summed E-state index contributed by atoms with van der Waals surface area (Å²) in [5.41, 5.74) is 21.2. The summed E-state index contributed by atoms with van der Waals surface area (Å²) in [4.78, 5) is 18.5. The fraction of sp³-hybridized carbons (Fsp3) is 0.464. The summed E-state index contributed by atoms with van der Waals surface area (Å²) < 4.78 is 0. The number of rotatable bonds is 6. The Bertz CT molecular complexity index is 1240. The number of nitrogens with two attached hydrogens (primary N) is 2. The zero-order valence-electron chi connectivity index (χ0n) is 22.1. The molecule has 0 radical (unpaired) electrons. The van der Waals surface area contributed by atoms with E-state index in [4.69, 9.17) is 11.5 Å². The van der Waals surface area contributed by atoms with Crippen LogP contribution in [-0.4, -0.2) is 70.1 Å². The lowest BCUT2D eigenvalue weighted by Crippen LogP contribution is -2.52. The van der Waals surface area contributed by atoms with Crippen molar-refractivity contribution in [3.05, 3.63) is 65.7 Å². The first-order valence-electron chi connectivity index (χ1n) is 13.7. The maximum Gasteiger partial charge on any atom is 0.153 e. The third-order valence-electron chi connectivity index (χ3n) is 8.36. The summed E-state index contributed by atoms with van der Waals surface area (Å²) in [6.07, 6.45) is 8.02. The molecule has 3 aromatic rings. The van der Waals surface area contributed by atoms with Crippen molar-refractivity contribution in [2.24, 2.45) is 0 Å². The van der Waals surface area contributed by atoms with Crippen molar-refractivity contribution in [1.82, 2.24) is 30.2 Å². The van der Waals surface area contributed by atoms with Crippen molar-refractivity contribution in [2.45, 2.75) is 50.4 Å². The Morgan fingerprint density at radius 3 is 2.47 bits per heavy atom. The smallest absolute Gasteiger partial charge is 0.153 e. The number of anilines is 4. The van der Waals surface area contributed by atoms with Gasteiger partial charge in [-0.1, -0.05) is 12.1 Å². The van der Waals surface area contributed by atoms with Crippen LogP contribution in [0.1, 0.15) is 48.5 Å². The molecule has 2 fully saturated rings. The predicted octanol–water partition coefficient (Wildman–Crippen LogP) is 2.62. The monoisotopic (exact) mass is 514 g/mol. The molecule has 2 aliphatic heterocycles. The van der Waals surface area contributed by atoms with Gasteiger partial charge in [-0.15, -0.1) is 0 Å². The maximum absolute atomic E-state index is 6.49. The lowest BCUT2D eigenvalue weighted by Gasteiger charge is -2.42. The van der Waals surface area contributed by atoms with Gasteiger partial charge in [-0.05, 0) is 62.6 Å². The van der Waals surface area contributed by atoms with Crippen molar-refractivity contribution >= 4 is 23.0 Å². The van der Waals surface area contributed by atoms with Crippen LogP contribution >= 0.6 is 0 Å². The van der Waals surface area contributed by atoms with Gasteiger partial charge >= 0.3 is 0 Å². The molecule has 1 saturated carbocycles. The van der Waals surface area contributed by atoms with Crippen LogP contribution in [0.15, 0.2) is 48.9 Å². The second-order valence-corrected chi connectivity index (χ2v) is 10.8. The number of hydrogen-bond donors (Lipinski definition) is 4. The number of hydrazine groups is 1. The number of piperazine rings is 1. The molecule has 10 heteroatoms. The molecule has 0 bridgehead atoms. The standard InChI is InChI=1S/C28H38N10/c1-36-12-14-37(15-13-36)21-6-8-22(9-7-21)38-28-25(27(30)33-18-34-28)26(35-38)19-5-10-24(23(29)16-19)32-17-20-4-2-3-11-31-20/h2-5,10-11,16,18,21-22,26,32,35H,6-9,12-15,17,29H2,1H3,(H2,30,33,34). The third kappa shape index (κ3) is 4.99. The van der Waals surface area contributed by atoms with Crippen LogP contribution in [0.4, 0.5) is 23.0 Å². The van der Waals surface area contributed by atoms with Crippen LogP contribution in [0.5, 0.6) is 0 Å². The van der Waals surface area contributed by atoms with Crippen molar-refractivity contribution in [1.29, 1.82) is 0 Å².